The molecule has 4 rings (SSSR count). The molecular weight excluding hydrogens is 372 g/mol. The number of hydrogen-bond donors (Lipinski definition) is 0. The largest absolute Gasteiger partial charge is 0.497 e. The van der Waals surface area contributed by atoms with Crippen molar-refractivity contribution in [3.63, 3.8) is 0 Å². The third-order valence-electron chi connectivity index (χ3n) is 4.24. The summed E-state index contributed by atoms with van der Waals surface area (Å²) in [6, 6.07) is 11.1. The van der Waals surface area contributed by atoms with Gasteiger partial charge in [0.25, 0.3) is 5.56 Å². The Kier molecular flexibility index (Phi) is 4.49. The number of nitrogens with zero attached hydrogens (tertiary/aromatic N) is 3. The van der Waals surface area contributed by atoms with Gasteiger partial charge in [0, 0.05) is 11.8 Å². The highest BCUT2D eigenvalue weighted by molar-refractivity contribution is 7.07. The number of thiazole rings is 1. The number of anilines is 1. The number of rotatable bonds is 3. The van der Waals surface area contributed by atoms with E-state index in [0.717, 1.165) is 17.7 Å². The number of halogens is 2. The van der Waals surface area contributed by atoms with Crippen molar-refractivity contribution >= 4 is 23.1 Å². The molecule has 1 aliphatic rings. The molecule has 8 heteroatoms. The van der Waals surface area contributed by atoms with Crippen molar-refractivity contribution in [3.8, 4) is 5.75 Å². The molecule has 2 aromatic carbocycles. The van der Waals surface area contributed by atoms with Crippen LogP contribution >= 0.6 is 11.3 Å². The van der Waals surface area contributed by atoms with Crippen molar-refractivity contribution in [2.24, 2.45) is 4.99 Å². The predicted octanol–water partition coefficient (Wildman–Crippen LogP) is 2.08. The van der Waals surface area contributed by atoms with Gasteiger partial charge in [-0.15, -0.1) is 0 Å². The van der Waals surface area contributed by atoms with E-state index in [4.69, 9.17) is 4.74 Å². The smallest absolute Gasteiger partial charge is 0.271 e. The third kappa shape index (κ3) is 3.35. The topological polar surface area (TPSA) is 46.8 Å². The van der Waals surface area contributed by atoms with Gasteiger partial charge in [0.2, 0.25) is 0 Å². The van der Waals surface area contributed by atoms with Crippen LogP contribution in [0, 0.1) is 11.6 Å². The summed E-state index contributed by atoms with van der Waals surface area (Å²) >= 11 is 1.30. The molecule has 0 saturated carbocycles. The quantitative estimate of drug-likeness (QED) is 0.691. The number of aromatic nitrogens is 1. The molecular formula is C19H15F2N3O2S. The van der Waals surface area contributed by atoms with Crippen molar-refractivity contribution in [1.29, 1.82) is 0 Å². The second-order valence-electron chi connectivity index (χ2n) is 5.98. The van der Waals surface area contributed by atoms with Crippen molar-refractivity contribution in [3.05, 3.63) is 79.4 Å². The van der Waals surface area contributed by atoms with Crippen LogP contribution < -0.4 is 24.5 Å². The van der Waals surface area contributed by atoms with Crippen LogP contribution in [0.1, 0.15) is 5.56 Å². The summed E-state index contributed by atoms with van der Waals surface area (Å²) in [5, 5.41) is 0. The van der Waals surface area contributed by atoms with Crippen LogP contribution in [0.5, 0.6) is 5.75 Å². The average molecular weight is 387 g/mol. The van der Waals surface area contributed by atoms with E-state index in [2.05, 4.69) is 4.99 Å². The highest BCUT2D eigenvalue weighted by Crippen LogP contribution is 2.19. The fourth-order valence-electron chi connectivity index (χ4n) is 2.84. The highest BCUT2D eigenvalue weighted by atomic mass is 32.1. The van der Waals surface area contributed by atoms with Gasteiger partial charge in [0.1, 0.15) is 19.1 Å². The van der Waals surface area contributed by atoms with Crippen LogP contribution in [-0.2, 0) is 6.67 Å². The van der Waals surface area contributed by atoms with E-state index in [1.165, 1.54) is 22.0 Å². The zero-order valence-corrected chi connectivity index (χ0v) is 15.2. The number of benzene rings is 2. The normalized spacial score (nSPS) is 14.0. The minimum atomic E-state index is -0.928. The summed E-state index contributed by atoms with van der Waals surface area (Å²) in [6.45, 7) is 0.495. The van der Waals surface area contributed by atoms with Gasteiger partial charge in [-0.1, -0.05) is 23.5 Å². The van der Waals surface area contributed by atoms with Gasteiger partial charge in [-0.3, -0.25) is 9.36 Å². The molecule has 3 aromatic rings. The van der Waals surface area contributed by atoms with E-state index in [1.54, 1.807) is 18.1 Å². The van der Waals surface area contributed by atoms with Gasteiger partial charge in [-0.2, -0.15) is 0 Å². The van der Waals surface area contributed by atoms with Crippen LogP contribution in [0.2, 0.25) is 0 Å². The number of methoxy groups -OCH3 is 1. The van der Waals surface area contributed by atoms with Gasteiger partial charge >= 0.3 is 0 Å². The molecule has 2 heterocycles. The lowest BCUT2D eigenvalue weighted by Gasteiger charge is -2.25. The Hall–Kier alpha value is -3.00. The van der Waals surface area contributed by atoms with Crippen molar-refractivity contribution < 1.29 is 13.5 Å². The summed E-state index contributed by atoms with van der Waals surface area (Å²) in [7, 11) is 1.59. The summed E-state index contributed by atoms with van der Waals surface area (Å²) < 4.78 is 33.9. The Morgan fingerprint density at radius 3 is 2.81 bits per heavy atom. The molecule has 0 bridgehead atoms. The molecule has 0 atom stereocenters. The fraction of sp³-hybridized carbons (Fsp3) is 0.158. The maximum atomic E-state index is 13.5. The van der Waals surface area contributed by atoms with Crippen LogP contribution in [-0.4, -0.2) is 18.3 Å². The van der Waals surface area contributed by atoms with Crippen molar-refractivity contribution in [2.45, 2.75) is 6.67 Å². The van der Waals surface area contributed by atoms with Crippen LogP contribution in [0.15, 0.2) is 52.3 Å². The Morgan fingerprint density at radius 1 is 1.19 bits per heavy atom. The first-order valence-corrected chi connectivity index (χ1v) is 8.97. The molecule has 0 aliphatic carbocycles. The summed E-state index contributed by atoms with van der Waals surface area (Å²) in [6.07, 6.45) is 1.79. The van der Waals surface area contributed by atoms with Gasteiger partial charge in [-0.25, -0.2) is 13.8 Å². The van der Waals surface area contributed by atoms with E-state index < -0.39 is 11.6 Å². The maximum Gasteiger partial charge on any atom is 0.271 e. The van der Waals surface area contributed by atoms with Crippen LogP contribution in [0.25, 0.3) is 6.08 Å². The third-order valence-corrected chi connectivity index (χ3v) is 5.28. The van der Waals surface area contributed by atoms with Gasteiger partial charge in [0.15, 0.2) is 16.4 Å². The van der Waals surface area contributed by atoms with Crippen molar-refractivity contribution in [1.82, 2.24) is 4.57 Å². The summed E-state index contributed by atoms with van der Waals surface area (Å²) in [4.78, 5) is 19.5. The molecule has 0 spiro atoms. The van der Waals surface area contributed by atoms with Crippen LogP contribution in [0.4, 0.5) is 14.5 Å². The molecule has 0 amide bonds. The number of fused-ring (bicyclic) bond motifs is 1. The zero-order chi connectivity index (χ0) is 19.0. The average Bonchev–Trinajstić information content (AvgIpc) is 2.99. The van der Waals surface area contributed by atoms with E-state index >= 15 is 0 Å². The maximum absolute atomic E-state index is 13.5. The molecule has 0 saturated heterocycles. The van der Waals surface area contributed by atoms with Gasteiger partial charge < -0.3 is 9.64 Å². The standard InChI is InChI=1S/C19H15F2N3O2S/c1-26-14-4-2-3-12(7-14)8-17-18(25)24-11-23(10-22-19(24)27-17)13-5-6-15(20)16(21)9-13/h2-9H,10-11H2,1H3/b17-8-. The second-order valence-corrected chi connectivity index (χ2v) is 6.99. The minimum absolute atomic E-state index is 0.172. The molecule has 0 fully saturated rings. The molecule has 0 radical (unpaired) electrons. The Bertz CT molecular complexity index is 1190. The molecule has 0 N–H and O–H groups in total. The Morgan fingerprint density at radius 2 is 2.04 bits per heavy atom. The minimum Gasteiger partial charge on any atom is -0.497 e. The van der Waals surface area contributed by atoms with E-state index in [1.807, 2.05) is 24.3 Å². The Labute approximate surface area is 157 Å². The predicted molar refractivity (Wildman–Crippen MR) is 99.6 cm³/mol. The van der Waals surface area contributed by atoms with Crippen molar-refractivity contribution in [2.75, 3.05) is 18.7 Å². The first-order chi connectivity index (χ1) is 13.0. The lowest BCUT2D eigenvalue weighted by Crippen LogP contribution is -2.42. The second kappa shape index (κ2) is 6.96. The lowest BCUT2D eigenvalue weighted by atomic mass is 10.2. The molecule has 1 aromatic heterocycles. The fourth-order valence-corrected chi connectivity index (χ4v) is 3.80. The SMILES string of the molecule is COc1cccc(/C=c2\sc3n(c2=O)CN(c2ccc(F)c(F)c2)CN=3)c1. The monoisotopic (exact) mass is 387 g/mol. The Balaban J connectivity index is 1.70. The molecule has 27 heavy (non-hydrogen) atoms. The summed E-state index contributed by atoms with van der Waals surface area (Å²) in [5.74, 6) is -1.13. The lowest BCUT2D eigenvalue weighted by molar-refractivity contribution is 0.414. The first kappa shape index (κ1) is 17.4. The molecule has 138 valence electrons. The summed E-state index contributed by atoms with van der Waals surface area (Å²) in [5.41, 5.74) is 1.15. The highest BCUT2D eigenvalue weighted by Gasteiger charge is 2.17. The molecule has 0 unspecified atom stereocenters. The van der Waals surface area contributed by atoms with E-state index in [0.29, 0.717) is 20.8 Å². The zero-order valence-electron chi connectivity index (χ0n) is 14.4. The first-order valence-electron chi connectivity index (χ1n) is 8.15. The van der Waals surface area contributed by atoms with Gasteiger partial charge in [-0.05, 0) is 35.9 Å². The number of hydrogen-bond acceptors (Lipinski definition) is 5. The molecule has 1 aliphatic heterocycles. The van der Waals surface area contributed by atoms with E-state index in [-0.39, 0.29) is 18.9 Å². The van der Waals surface area contributed by atoms with Crippen LogP contribution in [0.3, 0.4) is 0 Å². The molecule has 5 nitrogen and oxygen atoms in total. The van der Waals surface area contributed by atoms with Gasteiger partial charge in [0.05, 0.1) is 11.6 Å². The van der Waals surface area contributed by atoms with E-state index in [9.17, 15) is 13.6 Å². The number of ether oxygens (including phenoxy) is 1.